The van der Waals surface area contributed by atoms with Gasteiger partial charge in [-0.3, -0.25) is 0 Å². The molecule has 4 nitrogen and oxygen atoms in total. The second-order valence-corrected chi connectivity index (χ2v) is 5.82. The average Bonchev–Trinajstić information content (AvgIpc) is 2.92. The van der Waals surface area contributed by atoms with Gasteiger partial charge in [0.2, 0.25) is 0 Å². The number of imidazole rings is 1. The molecule has 20 heavy (non-hydrogen) atoms. The van der Waals surface area contributed by atoms with Gasteiger partial charge in [0, 0.05) is 25.5 Å². The number of hydrogen-bond acceptors (Lipinski definition) is 3. The number of methoxy groups -OCH3 is 1. The van der Waals surface area contributed by atoms with E-state index in [9.17, 15) is 0 Å². The predicted molar refractivity (Wildman–Crippen MR) is 83.8 cm³/mol. The number of halogens is 1. The van der Waals surface area contributed by atoms with E-state index in [1.54, 1.807) is 7.11 Å². The summed E-state index contributed by atoms with van der Waals surface area (Å²) in [6.45, 7) is 5.05. The number of rotatable bonds is 7. The van der Waals surface area contributed by atoms with Crippen LogP contribution in [0.25, 0.3) is 0 Å². The minimum Gasteiger partial charge on any atom is -0.496 e. The molecule has 0 radical (unpaired) electrons. The zero-order valence-electron chi connectivity index (χ0n) is 11.8. The van der Waals surface area contributed by atoms with Crippen molar-refractivity contribution in [2.75, 3.05) is 13.7 Å². The van der Waals surface area contributed by atoms with Crippen LogP contribution in [0.1, 0.15) is 12.5 Å². The highest BCUT2D eigenvalue weighted by Gasteiger charge is 2.04. The molecule has 2 aromatic rings. The molecule has 0 aliphatic carbocycles. The van der Waals surface area contributed by atoms with E-state index in [2.05, 4.69) is 49.9 Å². The second-order valence-electron chi connectivity index (χ2n) is 4.96. The van der Waals surface area contributed by atoms with E-state index >= 15 is 0 Å². The third-order valence-corrected chi connectivity index (χ3v) is 3.74. The number of benzene rings is 1. The van der Waals surface area contributed by atoms with Crippen molar-refractivity contribution in [3.8, 4) is 5.75 Å². The lowest BCUT2D eigenvalue weighted by Crippen LogP contribution is -2.23. The highest BCUT2D eigenvalue weighted by atomic mass is 79.9. The van der Waals surface area contributed by atoms with E-state index in [-0.39, 0.29) is 0 Å². The van der Waals surface area contributed by atoms with Crippen LogP contribution in [0.2, 0.25) is 0 Å². The highest BCUT2D eigenvalue weighted by molar-refractivity contribution is 9.10. The minimum absolute atomic E-state index is 0.561. The molecule has 1 N–H and O–H groups in total. The third kappa shape index (κ3) is 4.35. The fourth-order valence-electron chi connectivity index (χ4n) is 2.10. The highest BCUT2D eigenvalue weighted by Crippen LogP contribution is 2.25. The van der Waals surface area contributed by atoms with Crippen molar-refractivity contribution in [3.63, 3.8) is 0 Å². The van der Waals surface area contributed by atoms with Gasteiger partial charge in [0.15, 0.2) is 0 Å². The Morgan fingerprint density at radius 1 is 1.45 bits per heavy atom. The van der Waals surface area contributed by atoms with Crippen molar-refractivity contribution in [3.05, 3.63) is 47.0 Å². The van der Waals surface area contributed by atoms with Crippen LogP contribution in [0.3, 0.4) is 0 Å². The Morgan fingerprint density at radius 3 is 2.95 bits per heavy atom. The predicted octanol–water partition coefficient (Wildman–Crippen LogP) is 3.08. The Hall–Kier alpha value is -1.33. The van der Waals surface area contributed by atoms with E-state index in [1.165, 1.54) is 5.56 Å². The zero-order chi connectivity index (χ0) is 14.4. The average molecular weight is 338 g/mol. The van der Waals surface area contributed by atoms with E-state index in [1.807, 2.05) is 24.8 Å². The van der Waals surface area contributed by atoms with Crippen LogP contribution in [0, 0.1) is 5.92 Å². The molecule has 0 saturated carbocycles. The molecule has 5 heteroatoms. The van der Waals surface area contributed by atoms with Gasteiger partial charge in [-0.25, -0.2) is 4.98 Å². The second kappa shape index (κ2) is 7.45. The molecule has 0 fully saturated rings. The summed E-state index contributed by atoms with van der Waals surface area (Å²) in [5.41, 5.74) is 1.24. The van der Waals surface area contributed by atoms with Crippen molar-refractivity contribution in [1.82, 2.24) is 14.9 Å². The normalized spacial score (nSPS) is 12.3. The summed E-state index contributed by atoms with van der Waals surface area (Å²) in [5, 5.41) is 3.48. The number of aromatic nitrogens is 2. The van der Waals surface area contributed by atoms with Crippen LogP contribution in [0.5, 0.6) is 5.75 Å². The topological polar surface area (TPSA) is 39.1 Å². The summed E-state index contributed by atoms with van der Waals surface area (Å²) in [6.07, 6.45) is 5.67. The molecule has 0 bridgehead atoms. The Labute approximate surface area is 128 Å². The Balaban J connectivity index is 1.76. The van der Waals surface area contributed by atoms with Crippen molar-refractivity contribution in [2.45, 2.75) is 20.0 Å². The van der Waals surface area contributed by atoms with Gasteiger partial charge in [-0.15, -0.1) is 0 Å². The van der Waals surface area contributed by atoms with Crippen molar-refractivity contribution < 1.29 is 4.74 Å². The van der Waals surface area contributed by atoms with Gasteiger partial charge in [0.1, 0.15) is 5.75 Å². The van der Waals surface area contributed by atoms with Gasteiger partial charge in [-0.2, -0.15) is 0 Å². The van der Waals surface area contributed by atoms with E-state index in [0.29, 0.717) is 5.92 Å². The largest absolute Gasteiger partial charge is 0.496 e. The molecule has 1 unspecified atom stereocenters. The van der Waals surface area contributed by atoms with E-state index < -0.39 is 0 Å². The first kappa shape index (κ1) is 15.1. The van der Waals surface area contributed by atoms with Gasteiger partial charge in [0.25, 0.3) is 0 Å². The summed E-state index contributed by atoms with van der Waals surface area (Å²) in [5.74, 6) is 1.42. The van der Waals surface area contributed by atoms with E-state index in [4.69, 9.17) is 4.74 Å². The molecule has 108 valence electrons. The first-order valence-electron chi connectivity index (χ1n) is 6.68. The molecule has 1 aromatic heterocycles. The lowest BCUT2D eigenvalue weighted by molar-refractivity contribution is 0.411. The van der Waals surface area contributed by atoms with Gasteiger partial charge < -0.3 is 14.6 Å². The molecule has 0 amide bonds. The number of hydrogen-bond donors (Lipinski definition) is 1. The maximum atomic E-state index is 5.23. The smallest absolute Gasteiger partial charge is 0.133 e. The number of ether oxygens (including phenoxy) is 1. The van der Waals surface area contributed by atoms with Crippen LogP contribution in [0.15, 0.2) is 41.4 Å². The van der Waals surface area contributed by atoms with Crippen molar-refractivity contribution in [2.24, 2.45) is 5.92 Å². The number of nitrogens with one attached hydrogen (secondary N) is 1. The van der Waals surface area contributed by atoms with E-state index in [0.717, 1.165) is 29.9 Å². The maximum Gasteiger partial charge on any atom is 0.133 e. The molecule has 0 aliphatic heterocycles. The molecule has 0 saturated heterocycles. The van der Waals surface area contributed by atoms with Crippen LogP contribution in [-0.4, -0.2) is 23.2 Å². The number of nitrogens with zero attached hydrogens (tertiary/aromatic N) is 2. The van der Waals surface area contributed by atoms with Crippen LogP contribution >= 0.6 is 15.9 Å². The van der Waals surface area contributed by atoms with Gasteiger partial charge in [0.05, 0.1) is 17.9 Å². The van der Waals surface area contributed by atoms with Crippen molar-refractivity contribution >= 4 is 15.9 Å². The molecular weight excluding hydrogens is 318 g/mol. The fraction of sp³-hybridized carbons (Fsp3) is 0.400. The minimum atomic E-state index is 0.561. The Morgan fingerprint density at radius 2 is 2.30 bits per heavy atom. The van der Waals surface area contributed by atoms with Gasteiger partial charge >= 0.3 is 0 Å². The quantitative estimate of drug-likeness (QED) is 0.843. The molecule has 1 heterocycles. The van der Waals surface area contributed by atoms with Gasteiger partial charge in [-0.1, -0.05) is 13.0 Å². The Bertz CT molecular complexity index is 528. The SMILES string of the molecule is COc1ccc(CNCC(C)Cn2ccnc2)cc1Br. The first-order chi connectivity index (χ1) is 9.69. The molecule has 0 spiro atoms. The van der Waals surface area contributed by atoms with Crippen molar-refractivity contribution in [1.29, 1.82) is 0 Å². The van der Waals surface area contributed by atoms with Crippen LogP contribution < -0.4 is 10.1 Å². The molecule has 1 atom stereocenters. The lowest BCUT2D eigenvalue weighted by Gasteiger charge is -2.13. The summed E-state index contributed by atoms with van der Waals surface area (Å²) in [6, 6.07) is 6.15. The summed E-state index contributed by atoms with van der Waals surface area (Å²) in [4.78, 5) is 4.05. The molecule has 1 aromatic carbocycles. The monoisotopic (exact) mass is 337 g/mol. The molecular formula is C15H20BrN3O. The Kier molecular flexibility index (Phi) is 5.61. The van der Waals surface area contributed by atoms with Crippen LogP contribution in [-0.2, 0) is 13.1 Å². The maximum absolute atomic E-state index is 5.23. The molecule has 2 rings (SSSR count). The summed E-state index contributed by atoms with van der Waals surface area (Å²) in [7, 11) is 1.68. The van der Waals surface area contributed by atoms with Crippen LogP contribution in [0.4, 0.5) is 0 Å². The fourth-order valence-corrected chi connectivity index (χ4v) is 2.69. The zero-order valence-corrected chi connectivity index (χ0v) is 13.4. The summed E-state index contributed by atoms with van der Waals surface area (Å²) >= 11 is 3.50. The summed E-state index contributed by atoms with van der Waals surface area (Å²) < 4.78 is 8.32. The molecule has 0 aliphatic rings. The lowest BCUT2D eigenvalue weighted by atomic mass is 10.1. The standard InChI is InChI=1S/C15H20BrN3O/c1-12(10-19-6-5-17-11-19)8-18-9-13-3-4-15(20-2)14(16)7-13/h3-7,11-12,18H,8-10H2,1-2H3. The van der Waals surface area contributed by atoms with Gasteiger partial charge in [-0.05, 0) is 46.1 Å². The third-order valence-electron chi connectivity index (χ3n) is 3.12. The first-order valence-corrected chi connectivity index (χ1v) is 7.47.